The fraction of sp³-hybridized carbons (Fsp3) is 0.667. The van der Waals surface area contributed by atoms with Gasteiger partial charge in [0.05, 0.1) is 9.89 Å². The van der Waals surface area contributed by atoms with E-state index in [1.54, 1.807) is 11.3 Å². The van der Waals surface area contributed by atoms with Crippen LogP contribution in [0.15, 0.2) is 15.2 Å². The first-order valence-corrected chi connectivity index (χ1v) is 7.43. The van der Waals surface area contributed by atoms with E-state index >= 15 is 0 Å². The molecule has 1 fully saturated rings. The molecule has 0 radical (unpaired) electrons. The minimum Gasteiger partial charge on any atom is -0.393 e. The van der Waals surface area contributed by atoms with Gasteiger partial charge in [-0.3, -0.25) is 4.90 Å². The van der Waals surface area contributed by atoms with E-state index in [1.807, 2.05) is 0 Å². The summed E-state index contributed by atoms with van der Waals surface area (Å²) in [6.07, 6.45) is 4.12. The molecule has 0 amide bonds. The van der Waals surface area contributed by atoms with E-state index < -0.39 is 0 Å². The molecule has 1 aliphatic rings. The van der Waals surface area contributed by atoms with Gasteiger partial charge in [-0.1, -0.05) is 0 Å². The SMILES string of the molecule is CN(Cc1csc(Br)c1)C1CCC(O)CC1. The molecule has 16 heavy (non-hydrogen) atoms. The van der Waals surface area contributed by atoms with Crippen molar-refractivity contribution in [2.75, 3.05) is 7.05 Å². The van der Waals surface area contributed by atoms with Crippen LogP contribution in [-0.4, -0.2) is 29.2 Å². The number of rotatable bonds is 3. The first-order chi connectivity index (χ1) is 7.65. The molecule has 1 aromatic heterocycles. The molecule has 90 valence electrons. The molecule has 1 aromatic rings. The summed E-state index contributed by atoms with van der Waals surface area (Å²) in [5, 5.41) is 11.7. The molecule has 1 aliphatic carbocycles. The van der Waals surface area contributed by atoms with E-state index in [9.17, 15) is 5.11 Å². The third-order valence-corrected chi connectivity index (χ3v) is 4.90. The lowest BCUT2D eigenvalue weighted by Crippen LogP contribution is -2.35. The number of aliphatic hydroxyl groups excluding tert-OH is 1. The number of hydrogen-bond donors (Lipinski definition) is 1. The van der Waals surface area contributed by atoms with Crippen LogP contribution in [0.3, 0.4) is 0 Å². The number of aliphatic hydroxyl groups is 1. The van der Waals surface area contributed by atoms with Crippen molar-refractivity contribution >= 4 is 27.3 Å². The Morgan fingerprint density at radius 2 is 2.12 bits per heavy atom. The molecule has 0 aliphatic heterocycles. The average molecular weight is 304 g/mol. The molecule has 0 saturated heterocycles. The number of halogens is 1. The zero-order valence-corrected chi connectivity index (χ0v) is 11.9. The minimum atomic E-state index is -0.0556. The van der Waals surface area contributed by atoms with Gasteiger partial charge in [0, 0.05) is 12.6 Å². The number of thiophene rings is 1. The smallest absolute Gasteiger partial charge is 0.0701 e. The van der Waals surface area contributed by atoms with Crippen molar-refractivity contribution in [1.82, 2.24) is 4.90 Å². The molecular weight excluding hydrogens is 286 g/mol. The highest BCUT2D eigenvalue weighted by atomic mass is 79.9. The van der Waals surface area contributed by atoms with Crippen LogP contribution in [0.25, 0.3) is 0 Å². The van der Waals surface area contributed by atoms with E-state index in [2.05, 4.69) is 39.3 Å². The predicted octanol–water partition coefficient (Wildman–Crippen LogP) is 3.25. The molecule has 0 spiro atoms. The molecule has 1 heterocycles. The maximum atomic E-state index is 9.48. The van der Waals surface area contributed by atoms with Gasteiger partial charge in [-0.2, -0.15) is 0 Å². The Labute approximate surface area is 109 Å². The predicted molar refractivity (Wildman–Crippen MR) is 71.7 cm³/mol. The standard InChI is InChI=1S/C12H18BrNOS/c1-14(7-9-6-12(13)16-8-9)10-2-4-11(15)5-3-10/h6,8,10-11,15H,2-5,7H2,1H3. The van der Waals surface area contributed by atoms with Crippen molar-refractivity contribution in [3.63, 3.8) is 0 Å². The van der Waals surface area contributed by atoms with Crippen LogP contribution in [0.4, 0.5) is 0 Å². The quantitative estimate of drug-likeness (QED) is 0.926. The number of hydrogen-bond acceptors (Lipinski definition) is 3. The van der Waals surface area contributed by atoms with E-state index in [0.717, 1.165) is 32.2 Å². The van der Waals surface area contributed by atoms with Crippen LogP contribution in [0.5, 0.6) is 0 Å². The molecular formula is C12H18BrNOS. The average Bonchev–Trinajstić information content (AvgIpc) is 2.65. The molecule has 0 atom stereocenters. The molecule has 1 N–H and O–H groups in total. The summed E-state index contributed by atoms with van der Waals surface area (Å²) >= 11 is 5.24. The summed E-state index contributed by atoms with van der Waals surface area (Å²) in [5.74, 6) is 0. The Morgan fingerprint density at radius 3 is 2.69 bits per heavy atom. The topological polar surface area (TPSA) is 23.5 Å². The second-order valence-electron chi connectivity index (χ2n) is 4.64. The minimum absolute atomic E-state index is 0.0556. The van der Waals surface area contributed by atoms with E-state index in [1.165, 1.54) is 9.35 Å². The first-order valence-electron chi connectivity index (χ1n) is 5.76. The summed E-state index contributed by atoms with van der Waals surface area (Å²) in [4.78, 5) is 2.42. The van der Waals surface area contributed by atoms with Gasteiger partial charge < -0.3 is 5.11 Å². The monoisotopic (exact) mass is 303 g/mol. The molecule has 2 nitrogen and oxygen atoms in total. The lowest BCUT2D eigenvalue weighted by atomic mass is 9.92. The molecule has 0 aromatic carbocycles. The Bertz CT molecular complexity index is 334. The Kier molecular flexibility index (Phi) is 4.41. The van der Waals surface area contributed by atoms with Gasteiger partial charge in [0.25, 0.3) is 0 Å². The summed E-state index contributed by atoms with van der Waals surface area (Å²) in [6.45, 7) is 1.02. The van der Waals surface area contributed by atoms with Crippen LogP contribution < -0.4 is 0 Å². The van der Waals surface area contributed by atoms with Crippen molar-refractivity contribution < 1.29 is 5.11 Å². The molecule has 1 saturated carbocycles. The summed E-state index contributed by atoms with van der Waals surface area (Å²) in [5.41, 5.74) is 1.38. The highest BCUT2D eigenvalue weighted by molar-refractivity contribution is 9.11. The molecule has 2 rings (SSSR count). The van der Waals surface area contributed by atoms with Crippen LogP contribution in [0.2, 0.25) is 0 Å². The fourth-order valence-corrected chi connectivity index (χ4v) is 3.55. The normalized spacial score (nSPS) is 26.2. The van der Waals surface area contributed by atoms with Gasteiger partial charge in [0.15, 0.2) is 0 Å². The lowest BCUT2D eigenvalue weighted by molar-refractivity contribution is 0.0818. The highest BCUT2D eigenvalue weighted by Gasteiger charge is 2.22. The van der Waals surface area contributed by atoms with Gasteiger partial charge in [-0.25, -0.2) is 0 Å². The van der Waals surface area contributed by atoms with Crippen LogP contribution in [-0.2, 0) is 6.54 Å². The Balaban J connectivity index is 1.85. The van der Waals surface area contributed by atoms with Gasteiger partial charge in [0.1, 0.15) is 0 Å². The zero-order valence-electron chi connectivity index (χ0n) is 9.53. The van der Waals surface area contributed by atoms with Gasteiger partial charge >= 0.3 is 0 Å². The van der Waals surface area contributed by atoms with Crippen LogP contribution in [0.1, 0.15) is 31.2 Å². The second-order valence-corrected chi connectivity index (χ2v) is 6.93. The molecule has 0 unspecified atom stereocenters. The Morgan fingerprint density at radius 1 is 1.44 bits per heavy atom. The summed E-state index contributed by atoms with van der Waals surface area (Å²) in [7, 11) is 2.19. The number of nitrogens with zero attached hydrogens (tertiary/aromatic N) is 1. The summed E-state index contributed by atoms with van der Waals surface area (Å²) < 4.78 is 1.20. The fourth-order valence-electron chi connectivity index (χ4n) is 2.34. The van der Waals surface area contributed by atoms with Crippen molar-refractivity contribution in [3.8, 4) is 0 Å². The van der Waals surface area contributed by atoms with Crippen LogP contribution >= 0.6 is 27.3 Å². The lowest BCUT2D eigenvalue weighted by Gasteiger charge is -2.32. The second kappa shape index (κ2) is 5.63. The maximum absolute atomic E-state index is 9.48. The van der Waals surface area contributed by atoms with Crippen molar-refractivity contribution in [3.05, 3.63) is 20.8 Å². The van der Waals surface area contributed by atoms with Gasteiger partial charge in [-0.15, -0.1) is 11.3 Å². The third kappa shape index (κ3) is 3.29. The van der Waals surface area contributed by atoms with E-state index in [-0.39, 0.29) is 6.10 Å². The van der Waals surface area contributed by atoms with E-state index in [4.69, 9.17) is 0 Å². The van der Waals surface area contributed by atoms with Crippen molar-refractivity contribution in [2.24, 2.45) is 0 Å². The Hall–Kier alpha value is 0.1000. The van der Waals surface area contributed by atoms with Crippen molar-refractivity contribution in [1.29, 1.82) is 0 Å². The van der Waals surface area contributed by atoms with E-state index in [0.29, 0.717) is 6.04 Å². The largest absolute Gasteiger partial charge is 0.393 e. The first kappa shape index (κ1) is 12.6. The van der Waals surface area contributed by atoms with Gasteiger partial charge in [0.2, 0.25) is 0 Å². The molecule has 4 heteroatoms. The summed E-state index contributed by atoms with van der Waals surface area (Å²) in [6, 6.07) is 2.83. The van der Waals surface area contributed by atoms with Crippen molar-refractivity contribution in [2.45, 2.75) is 44.4 Å². The third-order valence-electron chi connectivity index (χ3n) is 3.34. The molecule has 0 bridgehead atoms. The van der Waals surface area contributed by atoms with Gasteiger partial charge in [-0.05, 0) is 65.7 Å². The highest BCUT2D eigenvalue weighted by Crippen LogP contribution is 2.26. The zero-order chi connectivity index (χ0) is 11.5. The van der Waals surface area contributed by atoms with Crippen LogP contribution in [0, 0.1) is 0 Å². The maximum Gasteiger partial charge on any atom is 0.0701 e.